The van der Waals surface area contributed by atoms with Crippen LogP contribution in [0.1, 0.15) is 36.5 Å². The van der Waals surface area contributed by atoms with E-state index in [1.165, 1.54) is 5.56 Å². The van der Waals surface area contributed by atoms with Crippen LogP contribution < -0.4 is 14.8 Å². The molecular weight excluding hydrogens is 392 g/mol. The highest BCUT2D eigenvalue weighted by Crippen LogP contribution is 2.19. The van der Waals surface area contributed by atoms with E-state index in [1.807, 2.05) is 56.3 Å². The molecule has 0 aromatic heterocycles. The summed E-state index contributed by atoms with van der Waals surface area (Å²) in [6.45, 7) is 7.38. The van der Waals surface area contributed by atoms with Crippen molar-refractivity contribution in [2.45, 2.75) is 46.1 Å². The fourth-order valence-corrected chi connectivity index (χ4v) is 3.66. The summed E-state index contributed by atoms with van der Waals surface area (Å²) in [5.41, 5.74) is 3.43. The average Bonchev–Trinajstić information content (AvgIpc) is 2.79. The van der Waals surface area contributed by atoms with E-state index in [0.29, 0.717) is 18.8 Å². The highest BCUT2D eigenvalue weighted by molar-refractivity contribution is 5.79. The molecule has 1 N–H and O–H groups in total. The number of hydrogen-bond donors (Lipinski definition) is 1. The van der Waals surface area contributed by atoms with Crippen molar-refractivity contribution in [3.05, 3.63) is 59.2 Å². The lowest BCUT2D eigenvalue weighted by Gasteiger charge is -2.32. The Morgan fingerprint density at radius 3 is 2.45 bits per heavy atom. The van der Waals surface area contributed by atoms with Crippen LogP contribution in [0.25, 0.3) is 0 Å². The molecule has 0 bridgehead atoms. The third kappa shape index (κ3) is 6.48. The minimum Gasteiger partial charge on any atom is -0.484 e. The van der Waals surface area contributed by atoms with E-state index in [9.17, 15) is 9.59 Å². The molecule has 6 heteroatoms. The van der Waals surface area contributed by atoms with E-state index in [1.54, 1.807) is 4.90 Å². The fourth-order valence-electron chi connectivity index (χ4n) is 3.66. The molecule has 1 heterocycles. The number of ether oxygens (including phenoxy) is 2. The summed E-state index contributed by atoms with van der Waals surface area (Å²) in [5, 5.41) is 3.02. The number of amides is 2. The zero-order chi connectivity index (χ0) is 22.2. The maximum Gasteiger partial charge on any atom is 0.260 e. The quantitative estimate of drug-likeness (QED) is 0.705. The van der Waals surface area contributed by atoms with E-state index in [0.717, 1.165) is 36.1 Å². The van der Waals surface area contributed by atoms with Crippen LogP contribution in [0, 0.1) is 13.8 Å². The van der Waals surface area contributed by atoms with Gasteiger partial charge >= 0.3 is 0 Å². The average molecular weight is 425 g/mol. The Bertz CT molecular complexity index is 904. The van der Waals surface area contributed by atoms with Crippen LogP contribution >= 0.6 is 0 Å². The van der Waals surface area contributed by atoms with Gasteiger partial charge in [-0.3, -0.25) is 9.59 Å². The number of hydrogen-bond acceptors (Lipinski definition) is 4. The topological polar surface area (TPSA) is 67.9 Å². The van der Waals surface area contributed by atoms with Crippen LogP contribution in [0.3, 0.4) is 0 Å². The number of piperidine rings is 1. The van der Waals surface area contributed by atoms with Crippen molar-refractivity contribution in [1.82, 2.24) is 10.2 Å². The van der Waals surface area contributed by atoms with Gasteiger partial charge < -0.3 is 19.7 Å². The number of likely N-dealkylation sites (tertiary alicyclic amines) is 1. The Kier molecular flexibility index (Phi) is 7.93. The summed E-state index contributed by atoms with van der Waals surface area (Å²) in [4.78, 5) is 26.5. The summed E-state index contributed by atoms with van der Waals surface area (Å²) < 4.78 is 11.4. The number of nitrogens with one attached hydrogen (secondary N) is 1. The number of aryl methyl sites for hydroxylation is 3. The van der Waals surface area contributed by atoms with Crippen molar-refractivity contribution in [2.24, 2.45) is 0 Å². The zero-order valence-corrected chi connectivity index (χ0v) is 18.6. The Labute approximate surface area is 184 Å². The molecule has 0 radical (unpaired) electrons. The van der Waals surface area contributed by atoms with E-state index in [4.69, 9.17) is 9.47 Å². The molecule has 1 aliphatic heterocycles. The SMILES string of the molecule is CCc1ccccc1OCC(=O)NC1CCN(C(=O)COc2ccc(C)c(C)c2)CC1. The first-order valence-corrected chi connectivity index (χ1v) is 10.9. The standard InChI is InChI=1S/C25H32N2O4/c1-4-20-7-5-6-8-23(20)31-16-24(28)26-21-11-13-27(14-12-21)25(29)17-30-22-10-9-18(2)19(3)15-22/h5-10,15,21H,4,11-14,16-17H2,1-3H3,(H,26,28). The summed E-state index contributed by atoms with van der Waals surface area (Å²) in [6, 6.07) is 13.6. The highest BCUT2D eigenvalue weighted by atomic mass is 16.5. The number of carbonyl (C=O) groups excluding carboxylic acids is 2. The van der Waals surface area contributed by atoms with Crippen LogP contribution in [-0.4, -0.2) is 49.1 Å². The lowest BCUT2D eigenvalue weighted by molar-refractivity contribution is -0.134. The van der Waals surface area contributed by atoms with Gasteiger partial charge in [0, 0.05) is 19.1 Å². The van der Waals surface area contributed by atoms with Crippen molar-refractivity contribution < 1.29 is 19.1 Å². The van der Waals surface area contributed by atoms with Gasteiger partial charge in [0.1, 0.15) is 11.5 Å². The van der Waals surface area contributed by atoms with E-state index in [-0.39, 0.29) is 31.1 Å². The molecule has 166 valence electrons. The first-order valence-electron chi connectivity index (χ1n) is 10.9. The van der Waals surface area contributed by atoms with Crippen LogP contribution in [0.5, 0.6) is 11.5 Å². The number of nitrogens with zero attached hydrogens (tertiary/aromatic N) is 1. The fraction of sp³-hybridized carbons (Fsp3) is 0.440. The number of rotatable bonds is 8. The predicted molar refractivity (Wildman–Crippen MR) is 120 cm³/mol. The van der Waals surface area contributed by atoms with Gasteiger partial charge in [-0.05, 0) is 68.0 Å². The van der Waals surface area contributed by atoms with Gasteiger partial charge in [0.05, 0.1) is 0 Å². The first kappa shape index (κ1) is 22.7. The van der Waals surface area contributed by atoms with Gasteiger partial charge in [-0.15, -0.1) is 0 Å². The molecule has 0 aliphatic carbocycles. The molecule has 2 aromatic rings. The highest BCUT2D eigenvalue weighted by Gasteiger charge is 2.24. The molecule has 1 aliphatic rings. The predicted octanol–water partition coefficient (Wildman–Crippen LogP) is 3.43. The van der Waals surface area contributed by atoms with E-state index < -0.39 is 0 Å². The Morgan fingerprint density at radius 1 is 1.00 bits per heavy atom. The number of benzene rings is 2. The Balaban J connectivity index is 1.38. The lowest BCUT2D eigenvalue weighted by atomic mass is 10.1. The molecule has 31 heavy (non-hydrogen) atoms. The molecule has 0 unspecified atom stereocenters. The summed E-state index contributed by atoms with van der Waals surface area (Å²) >= 11 is 0. The lowest BCUT2D eigenvalue weighted by Crippen LogP contribution is -2.48. The third-order valence-electron chi connectivity index (χ3n) is 5.77. The smallest absolute Gasteiger partial charge is 0.260 e. The third-order valence-corrected chi connectivity index (χ3v) is 5.77. The minimum atomic E-state index is -0.131. The molecule has 2 aromatic carbocycles. The molecule has 6 nitrogen and oxygen atoms in total. The largest absolute Gasteiger partial charge is 0.484 e. The van der Waals surface area contributed by atoms with Gasteiger partial charge in [0.15, 0.2) is 13.2 Å². The van der Waals surface area contributed by atoms with Crippen LogP contribution in [0.4, 0.5) is 0 Å². The Morgan fingerprint density at radius 2 is 1.74 bits per heavy atom. The number of para-hydroxylation sites is 1. The van der Waals surface area contributed by atoms with Crippen molar-refractivity contribution in [3.63, 3.8) is 0 Å². The maximum atomic E-state index is 12.5. The molecule has 1 saturated heterocycles. The van der Waals surface area contributed by atoms with Gasteiger partial charge in [-0.1, -0.05) is 31.2 Å². The van der Waals surface area contributed by atoms with Crippen molar-refractivity contribution in [1.29, 1.82) is 0 Å². The minimum absolute atomic E-state index is 0.0000349. The van der Waals surface area contributed by atoms with Crippen LogP contribution in [-0.2, 0) is 16.0 Å². The molecular formula is C25H32N2O4. The molecule has 3 rings (SSSR count). The van der Waals surface area contributed by atoms with Gasteiger partial charge in [-0.2, -0.15) is 0 Å². The second-order valence-electron chi connectivity index (χ2n) is 8.01. The summed E-state index contributed by atoms with van der Waals surface area (Å²) in [5.74, 6) is 1.31. The molecule has 0 saturated carbocycles. The van der Waals surface area contributed by atoms with Crippen molar-refractivity contribution in [3.8, 4) is 11.5 Å². The normalized spacial score (nSPS) is 14.2. The molecule has 0 spiro atoms. The Hall–Kier alpha value is -3.02. The van der Waals surface area contributed by atoms with Crippen LogP contribution in [0.2, 0.25) is 0 Å². The molecule has 0 atom stereocenters. The monoisotopic (exact) mass is 424 g/mol. The zero-order valence-electron chi connectivity index (χ0n) is 18.6. The van der Waals surface area contributed by atoms with Crippen molar-refractivity contribution in [2.75, 3.05) is 26.3 Å². The summed E-state index contributed by atoms with van der Waals surface area (Å²) in [6.07, 6.45) is 2.32. The maximum absolute atomic E-state index is 12.5. The van der Waals surface area contributed by atoms with Gasteiger partial charge in [0.25, 0.3) is 11.8 Å². The molecule has 2 amide bonds. The van der Waals surface area contributed by atoms with Gasteiger partial charge in [-0.25, -0.2) is 0 Å². The first-order chi connectivity index (χ1) is 15.0. The van der Waals surface area contributed by atoms with E-state index in [2.05, 4.69) is 12.2 Å². The van der Waals surface area contributed by atoms with Gasteiger partial charge in [0.2, 0.25) is 0 Å². The van der Waals surface area contributed by atoms with Crippen molar-refractivity contribution >= 4 is 11.8 Å². The summed E-state index contributed by atoms with van der Waals surface area (Å²) in [7, 11) is 0. The number of carbonyl (C=O) groups is 2. The van der Waals surface area contributed by atoms with Crippen LogP contribution in [0.15, 0.2) is 42.5 Å². The second kappa shape index (κ2) is 10.8. The van der Waals surface area contributed by atoms with E-state index >= 15 is 0 Å². The second-order valence-corrected chi connectivity index (χ2v) is 8.01. The molecule has 1 fully saturated rings.